The zero-order chi connectivity index (χ0) is 24.9. The number of hydrogen-bond acceptors (Lipinski definition) is 5. The van der Waals surface area contributed by atoms with Gasteiger partial charge in [-0.15, -0.1) is 0 Å². The zero-order valence-electron chi connectivity index (χ0n) is 21.1. The Kier molecular flexibility index (Phi) is 7.47. The monoisotopic (exact) mass is 499 g/mol. The molecule has 34 heavy (non-hydrogen) atoms. The van der Waals surface area contributed by atoms with Gasteiger partial charge in [0.25, 0.3) is 10.1 Å². The van der Waals surface area contributed by atoms with Crippen molar-refractivity contribution in [1.29, 1.82) is 0 Å². The second-order valence-corrected chi connectivity index (χ2v) is 14.2. The van der Waals surface area contributed by atoms with Crippen molar-refractivity contribution in [3.05, 3.63) is 0 Å². The first kappa shape index (κ1) is 26.4. The molecule has 0 bridgehead atoms. The van der Waals surface area contributed by atoms with Crippen LogP contribution in [0.3, 0.4) is 0 Å². The van der Waals surface area contributed by atoms with Crippen molar-refractivity contribution in [3.8, 4) is 0 Å². The average molecular weight is 500 g/mol. The number of nitrogens with one attached hydrogen (secondary N) is 1. The van der Waals surface area contributed by atoms with Crippen LogP contribution in [0.4, 0.5) is 0 Å². The second-order valence-electron chi connectivity index (χ2n) is 12.6. The molecule has 0 saturated heterocycles. The van der Waals surface area contributed by atoms with Crippen molar-refractivity contribution in [3.63, 3.8) is 0 Å². The highest BCUT2D eigenvalue weighted by Crippen LogP contribution is 2.68. The van der Waals surface area contributed by atoms with E-state index in [1.54, 1.807) is 0 Å². The predicted octanol–water partition coefficient (Wildman–Crippen LogP) is 3.40. The van der Waals surface area contributed by atoms with Gasteiger partial charge < -0.3 is 15.5 Å². The van der Waals surface area contributed by atoms with Crippen LogP contribution in [0.5, 0.6) is 0 Å². The molecule has 0 aliphatic heterocycles. The van der Waals surface area contributed by atoms with Gasteiger partial charge in [0.15, 0.2) is 0 Å². The van der Waals surface area contributed by atoms with E-state index in [9.17, 15) is 23.4 Å². The Morgan fingerprint density at radius 2 is 1.71 bits per heavy atom. The predicted molar refractivity (Wildman–Crippen MR) is 130 cm³/mol. The summed E-state index contributed by atoms with van der Waals surface area (Å²) in [6, 6.07) is 0. The summed E-state index contributed by atoms with van der Waals surface area (Å²) in [5.41, 5.74) is 0.411. The van der Waals surface area contributed by atoms with Crippen molar-refractivity contribution in [1.82, 2.24) is 5.32 Å². The topological polar surface area (TPSA) is 124 Å². The van der Waals surface area contributed by atoms with E-state index in [0.29, 0.717) is 41.9 Å². The number of amides is 1. The fraction of sp³-hybridized carbons (Fsp3) is 0.962. The molecule has 4 aliphatic carbocycles. The van der Waals surface area contributed by atoms with Gasteiger partial charge in [-0.2, -0.15) is 8.42 Å². The first-order chi connectivity index (χ1) is 15.8. The molecule has 4 fully saturated rings. The van der Waals surface area contributed by atoms with Crippen LogP contribution in [0.25, 0.3) is 0 Å². The highest BCUT2D eigenvalue weighted by atomic mass is 32.2. The molecule has 4 saturated carbocycles. The van der Waals surface area contributed by atoms with Crippen LogP contribution >= 0.6 is 0 Å². The van der Waals surface area contributed by atoms with Crippen molar-refractivity contribution in [2.24, 2.45) is 46.3 Å². The highest BCUT2D eigenvalue weighted by molar-refractivity contribution is 7.85. The van der Waals surface area contributed by atoms with Crippen LogP contribution < -0.4 is 5.32 Å². The van der Waals surface area contributed by atoms with E-state index in [-0.39, 0.29) is 35.5 Å². The van der Waals surface area contributed by atoms with Crippen molar-refractivity contribution in [2.45, 2.75) is 97.2 Å². The summed E-state index contributed by atoms with van der Waals surface area (Å²) < 4.78 is 30.5. The van der Waals surface area contributed by atoms with Gasteiger partial charge in [-0.25, -0.2) is 0 Å². The van der Waals surface area contributed by atoms with Crippen LogP contribution in [0, 0.1) is 46.3 Å². The van der Waals surface area contributed by atoms with Gasteiger partial charge in [-0.3, -0.25) is 9.35 Å². The smallest absolute Gasteiger partial charge is 0.266 e. The maximum atomic E-state index is 12.2. The summed E-state index contributed by atoms with van der Waals surface area (Å²) in [7, 11) is -4.06. The molecular weight excluding hydrogens is 454 g/mol. The number of aliphatic hydroxyl groups excluding tert-OH is 2. The summed E-state index contributed by atoms with van der Waals surface area (Å²) in [5, 5.41) is 24.2. The molecule has 0 spiro atoms. The number of carbonyl (C=O) groups excluding carboxylic acids is 1. The standard InChI is InChI=1S/C26H45NO6S/c1-16(4-7-23(30)27-12-13-34(31,32)33)19-5-6-20-24-21(9-11-26(19,20)3)25(2)10-8-18(28)14-17(25)15-22(24)29/h16-22,24,28-29H,4-15H2,1-3H3,(H,27,30)(H,31,32,33)/t16-,17+,18-,19-,20?,21+,22-,24?,25+,26-/m1/s1. The van der Waals surface area contributed by atoms with Gasteiger partial charge in [-0.05, 0) is 104 Å². The number of carbonyl (C=O) groups is 1. The summed E-state index contributed by atoms with van der Waals surface area (Å²) in [5.74, 6) is 2.10. The molecule has 4 N–H and O–H groups in total. The number of rotatable bonds is 7. The van der Waals surface area contributed by atoms with E-state index >= 15 is 0 Å². The summed E-state index contributed by atoms with van der Waals surface area (Å²) in [6.07, 6.45) is 8.87. The highest BCUT2D eigenvalue weighted by Gasteiger charge is 2.62. The van der Waals surface area contributed by atoms with Crippen molar-refractivity contribution < 1.29 is 28.0 Å². The fourth-order valence-electron chi connectivity index (χ4n) is 9.14. The minimum atomic E-state index is -4.06. The number of fused-ring (bicyclic) bond motifs is 5. The summed E-state index contributed by atoms with van der Waals surface area (Å²) in [6.45, 7) is 7.05. The average Bonchev–Trinajstić information content (AvgIpc) is 3.09. The lowest BCUT2D eigenvalue weighted by Gasteiger charge is -2.62. The van der Waals surface area contributed by atoms with Gasteiger partial charge in [0.1, 0.15) is 0 Å². The molecule has 2 unspecified atom stereocenters. The Bertz CT molecular complexity index is 863. The summed E-state index contributed by atoms with van der Waals surface area (Å²) in [4.78, 5) is 12.2. The Labute approximate surface area is 205 Å². The molecule has 0 radical (unpaired) electrons. The van der Waals surface area contributed by atoms with E-state index in [0.717, 1.165) is 51.4 Å². The van der Waals surface area contributed by atoms with Crippen LogP contribution in [0.2, 0.25) is 0 Å². The molecule has 4 aliphatic rings. The minimum absolute atomic E-state index is 0.0625. The third-order valence-electron chi connectivity index (χ3n) is 10.9. The van der Waals surface area contributed by atoms with E-state index < -0.39 is 15.9 Å². The van der Waals surface area contributed by atoms with Crippen molar-refractivity contribution in [2.75, 3.05) is 12.3 Å². The Morgan fingerprint density at radius 3 is 2.41 bits per heavy atom. The van der Waals surface area contributed by atoms with E-state index in [1.165, 1.54) is 6.42 Å². The second kappa shape index (κ2) is 9.64. The van der Waals surface area contributed by atoms with Gasteiger partial charge in [0, 0.05) is 13.0 Å². The van der Waals surface area contributed by atoms with Gasteiger partial charge in [-0.1, -0.05) is 20.8 Å². The van der Waals surface area contributed by atoms with Crippen LogP contribution in [0.1, 0.15) is 85.0 Å². The van der Waals surface area contributed by atoms with E-state index in [1.807, 2.05) is 0 Å². The van der Waals surface area contributed by atoms with Crippen molar-refractivity contribution >= 4 is 16.0 Å². The normalized spacial score (nSPS) is 45.1. The van der Waals surface area contributed by atoms with E-state index in [2.05, 4.69) is 26.1 Å². The first-order valence-corrected chi connectivity index (χ1v) is 15.0. The molecule has 10 atom stereocenters. The molecule has 196 valence electrons. The zero-order valence-corrected chi connectivity index (χ0v) is 21.9. The largest absolute Gasteiger partial charge is 0.393 e. The van der Waals surface area contributed by atoms with E-state index in [4.69, 9.17) is 4.55 Å². The molecule has 0 heterocycles. The van der Waals surface area contributed by atoms with Gasteiger partial charge in [0.05, 0.1) is 18.0 Å². The summed E-state index contributed by atoms with van der Waals surface area (Å²) >= 11 is 0. The minimum Gasteiger partial charge on any atom is -0.393 e. The maximum absolute atomic E-state index is 12.2. The number of aliphatic hydroxyl groups is 2. The lowest BCUT2D eigenvalue weighted by atomic mass is 9.43. The third kappa shape index (κ3) is 4.94. The Hall–Kier alpha value is -0.700. The SMILES string of the molecule is C[C@H](CCC(=O)NCCS(=O)(=O)O)[C@H]1CCC2C3[C@H](O)C[C@@H]4C[C@H](O)CC[C@]4(C)[C@H]3CC[C@@]21C. The number of hydrogen-bond donors (Lipinski definition) is 4. The van der Waals surface area contributed by atoms with Crippen LogP contribution in [-0.4, -0.2) is 53.6 Å². The van der Waals surface area contributed by atoms with Crippen LogP contribution in [-0.2, 0) is 14.9 Å². The molecular formula is C26H45NO6S. The molecule has 0 aromatic heterocycles. The molecule has 7 nitrogen and oxygen atoms in total. The molecule has 1 amide bonds. The van der Waals surface area contributed by atoms with Crippen LogP contribution in [0.15, 0.2) is 0 Å². The fourth-order valence-corrected chi connectivity index (χ4v) is 9.50. The molecule has 0 aromatic rings. The molecule has 8 heteroatoms. The van der Waals surface area contributed by atoms with Gasteiger partial charge in [0.2, 0.25) is 5.91 Å². The third-order valence-corrected chi connectivity index (χ3v) is 11.6. The quantitative estimate of drug-likeness (QED) is 0.398. The molecule has 4 rings (SSSR count). The molecule has 0 aromatic carbocycles. The lowest BCUT2D eigenvalue weighted by Crippen LogP contribution is -2.58. The first-order valence-electron chi connectivity index (χ1n) is 13.4. The Morgan fingerprint density at radius 1 is 1.03 bits per heavy atom. The Balaban J connectivity index is 1.39. The maximum Gasteiger partial charge on any atom is 0.266 e. The lowest BCUT2D eigenvalue weighted by molar-refractivity contribution is -0.174. The van der Waals surface area contributed by atoms with Gasteiger partial charge >= 0.3 is 0 Å².